The molecule has 0 aliphatic rings. The molecule has 2 rings (SSSR count). The molecule has 0 aliphatic heterocycles. The van der Waals surface area contributed by atoms with Crippen LogP contribution in [0.3, 0.4) is 0 Å². The summed E-state index contributed by atoms with van der Waals surface area (Å²) in [7, 11) is 0. The third kappa shape index (κ3) is 2.70. The van der Waals surface area contributed by atoms with Crippen molar-refractivity contribution in [3.63, 3.8) is 0 Å². The van der Waals surface area contributed by atoms with Gasteiger partial charge in [0.25, 0.3) is 0 Å². The van der Waals surface area contributed by atoms with E-state index in [0.717, 1.165) is 23.9 Å². The molecule has 1 aromatic carbocycles. The summed E-state index contributed by atoms with van der Waals surface area (Å²) in [5.41, 5.74) is 0.0463. The van der Waals surface area contributed by atoms with Crippen LogP contribution in [0.2, 0.25) is 0 Å². The van der Waals surface area contributed by atoms with E-state index in [0.29, 0.717) is 0 Å². The molecule has 0 radical (unpaired) electrons. The molecule has 0 spiro atoms. The first-order valence-electron chi connectivity index (χ1n) is 4.95. The van der Waals surface area contributed by atoms with Gasteiger partial charge in [0.1, 0.15) is 23.0 Å². The van der Waals surface area contributed by atoms with Crippen LogP contribution in [-0.2, 0) is 5.75 Å². The molecule has 0 aliphatic carbocycles. The number of aromatic carboxylic acids is 1. The third-order valence-corrected chi connectivity index (χ3v) is 3.28. The van der Waals surface area contributed by atoms with Gasteiger partial charge in [0.05, 0.1) is 12.0 Å². The van der Waals surface area contributed by atoms with Crippen molar-refractivity contribution in [1.29, 1.82) is 0 Å². The van der Waals surface area contributed by atoms with Crippen molar-refractivity contribution in [3.05, 3.63) is 53.5 Å². The Labute approximate surface area is 105 Å². The van der Waals surface area contributed by atoms with Crippen LogP contribution in [0.4, 0.5) is 8.78 Å². The van der Waals surface area contributed by atoms with Gasteiger partial charge in [-0.15, -0.1) is 11.8 Å². The van der Waals surface area contributed by atoms with Crippen LogP contribution in [0.15, 0.2) is 39.8 Å². The van der Waals surface area contributed by atoms with Gasteiger partial charge in [-0.1, -0.05) is 0 Å². The first-order valence-corrected chi connectivity index (χ1v) is 5.94. The number of hydrogen-bond acceptors (Lipinski definition) is 3. The van der Waals surface area contributed by atoms with Crippen molar-refractivity contribution in [1.82, 2.24) is 0 Å². The molecule has 1 aromatic heterocycles. The van der Waals surface area contributed by atoms with E-state index in [1.807, 2.05) is 0 Å². The number of thioether (sulfide) groups is 1. The lowest BCUT2D eigenvalue weighted by atomic mass is 10.3. The molecular weight excluding hydrogens is 262 g/mol. The number of benzene rings is 1. The first kappa shape index (κ1) is 12.6. The van der Waals surface area contributed by atoms with E-state index in [4.69, 9.17) is 9.52 Å². The lowest BCUT2D eigenvalue weighted by molar-refractivity contribution is 0.0695. The highest BCUT2D eigenvalue weighted by atomic mass is 32.2. The Morgan fingerprint density at radius 1 is 1.33 bits per heavy atom. The smallest absolute Gasteiger partial charge is 0.339 e. The van der Waals surface area contributed by atoms with Gasteiger partial charge in [0.2, 0.25) is 0 Å². The van der Waals surface area contributed by atoms with Crippen molar-refractivity contribution in [2.24, 2.45) is 0 Å². The van der Waals surface area contributed by atoms with Gasteiger partial charge in [-0.3, -0.25) is 0 Å². The molecular formula is C12H8F2O3S. The monoisotopic (exact) mass is 270 g/mol. The molecule has 0 saturated heterocycles. The van der Waals surface area contributed by atoms with Gasteiger partial charge in [0, 0.05) is 11.0 Å². The summed E-state index contributed by atoms with van der Waals surface area (Å²) in [6.07, 6.45) is 1.26. The Kier molecular flexibility index (Phi) is 3.66. The lowest BCUT2D eigenvalue weighted by Gasteiger charge is -2.02. The zero-order chi connectivity index (χ0) is 13.1. The maximum Gasteiger partial charge on any atom is 0.339 e. The minimum Gasteiger partial charge on any atom is -0.478 e. The van der Waals surface area contributed by atoms with Crippen LogP contribution in [0.25, 0.3) is 0 Å². The van der Waals surface area contributed by atoms with Crippen LogP contribution >= 0.6 is 11.8 Å². The molecule has 3 nitrogen and oxygen atoms in total. The SMILES string of the molecule is O=C(O)c1ccoc1CSc1ccc(F)cc1F. The van der Waals surface area contributed by atoms with Crippen molar-refractivity contribution in [2.45, 2.75) is 10.6 Å². The van der Waals surface area contributed by atoms with E-state index in [2.05, 4.69) is 0 Å². The normalized spacial score (nSPS) is 10.6. The van der Waals surface area contributed by atoms with Crippen LogP contribution in [0.1, 0.15) is 16.1 Å². The van der Waals surface area contributed by atoms with E-state index < -0.39 is 17.6 Å². The number of rotatable bonds is 4. The van der Waals surface area contributed by atoms with Gasteiger partial charge in [-0.05, 0) is 18.2 Å². The largest absolute Gasteiger partial charge is 0.478 e. The van der Waals surface area contributed by atoms with Crippen molar-refractivity contribution in [2.75, 3.05) is 0 Å². The second-order valence-corrected chi connectivity index (χ2v) is 4.44. The highest BCUT2D eigenvalue weighted by Gasteiger charge is 2.14. The standard InChI is InChI=1S/C12H8F2O3S/c13-7-1-2-11(9(14)5-7)18-6-10-8(12(15)16)3-4-17-10/h1-5H,6H2,(H,15,16). The lowest BCUT2D eigenvalue weighted by Crippen LogP contribution is -1.97. The van der Waals surface area contributed by atoms with E-state index in [-0.39, 0.29) is 22.0 Å². The van der Waals surface area contributed by atoms with E-state index in [1.165, 1.54) is 18.4 Å². The minimum absolute atomic E-state index is 0.0463. The number of furan rings is 1. The summed E-state index contributed by atoms with van der Waals surface area (Å²) < 4.78 is 31.0. The molecule has 2 aromatic rings. The quantitative estimate of drug-likeness (QED) is 0.863. The number of halogens is 2. The number of carboxylic acid groups (broad SMARTS) is 1. The molecule has 0 bridgehead atoms. The van der Waals surface area contributed by atoms with Crippen LogP contribution < -0.4 is 0 Å². The summed E-state index contributed by atoms with van der Waals surface area (Å²) in [5.74, 6) is -2.02. The Balaban J connectivity index is 2.11. The molecule has 0 fully saturated rings. The van der Waals surface area contributed by atoms with E-state index in [9.17, 15) is 13.6 Å². The molecule has 1 heterocycles. The Morgan fingerprint density at radius 2 is 2.11 bits per heavy atom. The molecule has 0 atom stereocenters. The molecule has 94 valence electrons. The summed E-state index contributed by atoms with van der Waals surface area (Å²) >= 11 is 1.05. The summed E-state index contributed by atoms with van der Waals surface area (Å²) in [6, 6.07) is 4.56. The average Bonchev–Trinajstić information content (AvgIpc) is 2.76. The van der Waals surface area contributed by atoms with Crippen LogP contribution in [0.5, 0.6) is 0 Å². The van der Waals surface area contributed by atoms with Crippen molar-refractivity contribution < 1.29 is 23.1 Å². The van der Waals surface area contributed by atoms with Crippen LogP contribution in [0, 0.1) is 11.6 Å². The van der Waals surface area contributed by atoms with Crippen molar-refractivity contribution in [3.8, 4) is 0 Å². The van der Waals surface area contributed by atoms with Gasteiger partial charge in [0.15, 0.2) is 0 Å². The summed E-state index contributed by atoms with van der Waals surface area (Å²) in [5, 5.41) is 8.85. The fourth-order valence-corrected chi connectivity index (χ4v) is 2.25. The predicted molar refractivity (Wildman–Crippen MR) is 61.6 cm³/mol. The average molecular weight is 270 g/mol. The van der Waals surface area contributed by atoms with Gasteiger partial charge >= 0.3 is 5.97 Å². The highest BCUT2D eigenvalue weighted by molar-refractivity contribution is 7.98. The number of hydrogen-bond donors (Lipinski definition) is 1. The highest BCUT2D eigenvalue weighted by Crippen LogP contribution is 2.27. The molecule has 1 N–H and O–H groups in total. The maximum absolute atomic E-state index is 13.3. The van der Waals surface area contributed by atoms with E-state index >= 15 is 0 Å². The molecule has 0 unspecified atom stereocenters. The molecule has 18 heavy (non-hydrogen) atoms. The summed E-state index contributed by atoms with van der Waals surface area (Å²) in [4.78, 5) is 11.1. The number of carboxylic acids is 1. The topological polar surface area (TPSA) is 50.4 Å². The maximum atomic E-state index is 13.3. The molecule has 0 saturated carbocycles. The zero-order valence-corrected chi connectivity index (χ0v) is 9.84. The summed E-state index contributed by atoms with van der Waals surface area (Å²) in [6.45, 7) is 0. The van der Waals surface area contributed by atoms with Gasteiger partial charge in [-0.2, -0.15) is 0 Å². The van der Waals surface area contributed by atoms with Gasteiger partial charge < -0.3 is 9.52 Å². The first-order chi connectivity index (χ1) is 8.58. The second-order valence-electron chi connectivity index (χ2n) is 3.43. The Hall–Kier alpha value is -1.82. The fraction of sp³-hybridized carbons (Fsp3) is 0.0833. The van der Waals surface area contributed by atoms with Crippen molar-refractivity contribution >= 4 is 17.7 Å². The van der Waals surface area contributed by atoms with Gasteiger partial charge in [-0.25, -0.2) is 13.6 Å². The van der Waals surface area contributed by atoms with E-state index in [1.54, 1.807) is 0 Å². The predicted octanol–water partition coefficient (Wildman–Crippen LogP) is 3.55. The fourth-order valence-electron chi connectivity index (χ4n) is 1.38. The minimum atomic E-state index is -1.10. The number of carbonyl (C=O) groups is 1. The third-order valence-electron chi connectivity index (χ3n) is 2.23. The second kappa shape index (κ2) is 5.22. The Bertz CT molecular complexity index is 580. The zero-order valence-electron chi connectivity index (χ0n) is 9.02. The molecule has 6 heteroatoms. The Morgan fingerprint density at radius 3 is 2.78 bits per heavy atom. The molecule has 0 amide bonds. The van der Waals surface area contributed by atoms with Crippen LogP contribution in [-0.4, -0.2) is 11.1 Å².